The third-order valence-electron chi connectivity index (χ3n) is 3.05. The molecular formula is C13H18N2O2Si. The van der Waals surface area contributed by atoms with Gasteiger partial charge in [-0.1, -0.05) is 19.6 Å². The molecule has 1 atom stereocenters. The topological polar surface area (TPSA) is 50.3 Å². The van der Waals surface area contributed by atoms with Gasteiger partial charge in [0, 0.05) is 24.5 Å². The first-order valence-electron chi connectivity index (χ1n) is 7.85. The molecule has 1 unspecified atom stereocenters. The van der Waals surface area contributed by atoms with Gasteiger partial charge < -0.3 is 4.57 Å². The molecule has 1 aromatic rings. The van der Waals surface area contributed by atoms with Crippen LogP contribution in [-0.2, 0) is 4.79 Å². The monoisotopic (exact) mass is 266 g/mol. The number of hydrogen-bond donors (Lipinski definition) is 0. The third kappa shape index (κ3) is 2.36. The number of Topliss-reactive ketones (excluding diaryl/α,β-unsaturated/α-hetero) is 1. The molecule has 0 N–H and O–H groups in total. The minimum absolute atomic E-state index is 0.260. The summed E-state index contributed by atoms with van der Waals surface area (Å²) in [5.41, 5.74) is -0.322. The van der Waals surface area contributed by atoms with Crippen molar-refractivity contribution in [2.24, 2.45) is 5.92 Å². The van der Waals surface area contributed by atoms with Crippen LogP contribution in [-0.4, -0.2) is 36.0 Å². The average Bonchev–Trinajstić information content (AvgIpc) is 2.77. The molecular weight excluding hydrogens is 244 g/mol. The van der Waals surface area contributed by atoms with Gasteiger partial charge in [0.05, 0.1) is 5.48 Å². The quantitative estimate of drug-likeness (QED) is 0.477. The highest BCUT2D eigenvalue weighted by Gasteiger charge is 2.42. The van der Waals surface area contributed by atoms with Crippen LogP contribution in [0.25, 0.3) is 0 Å². The largest absolute Gasteiger partial charge is 0.369 e. The molecule has 1 aliphatic rings. The number of nitrogens with zero attached hydrogens (tertiary/aromatic N) is 2. The maximum absolute atomic E-state index is 12.6. The highest BCUT2D eigenvalue weighted by Crippen LogP contribution is 2.26. The van der Waals surface area contributed by atoms with Crippen molar-refractivity contribution in [3.8, 4) is 0 Å². The van der Waals surface area contributed by atoms with Crippen LogP contribution in [0, 0.1) is 5.92 Å². The van der Waals surface area contributed by atoms with Crippen molar-refractivity contribution >= 4 is 19.9 Å². The first-order valence-corrected chi connectivity index (χ1v) is 9.30. The van der Waals surface area contributed by atoms with Crippen molar-refractivity contribution in [2.45, 2.75) is 26.1 Å². The summed E-state index contributed by atoms with van der Waals surface area (Å²) < 4.78 is 32.2. The van der Waals surface area contributed by atoms with Gasteiger partial charge in [0.15, 0.2) is 14.0 Å². The van der Waals surface area contributed by atoms with Gasteiger partial charge in [-0.25, -0.2) is 0 Å². The predicted molar refractivity (Wildman–Crippen MR) is 71.7 cm³/mol. The van der Waals surface area contributed by atoms with E-state index in [0.717, 1.165) is 0 Å². The van der Waals surface area contributed by atoms with E-state index in [0.29, 0.717) is 13.0 Å². The highest BCUT2D eigenvalue weighted by atomic mass is 28.3. The normalized spacial score (nSPS) is 23.4. The Kier molecular flexibility index (Phi) is 2.21. The Labute approximate surface area is 114 Å². The summed E-state index contributed by atoms with van der Waals surface area (Å²) in [6.45, 7) is 6.55. The summed E-state index contributed by atoms with van der Waals surface area (Å²) in [6, 6.07) is -0.985. The van der Waals surface area contributed by atoms with E-state index < -0.39 is 44.4 Å². The van der Waals surface area contributed by atoms with Crippen LogP contribution in [0.1, 0.15) is 22.3 Å². The van der Waals surface area contributed by atoms with Gasteiger partial charge in [0.2, 0.25) is 5.91 Å². The van der Waals surface area contributed by atoms with Crippen molar-refractivity contribution in [1.82, 2.24) is 9.55 Å². The lowest BCUT2D eigenvalue weighted by Gasteiger charge is -2.30. The number of pyridine rings is 1. The molecule has 0 aromatic carbocycles. The molecule has 0 bridgehead atoms. The van der Waals surface area contributed by atoms with E-state index in [9.17, 15) is 9.59 Å². The Morgan fingerprint density at radius 3 is 2.89 bits per heavy atom. The Bertz CT molecular complexity index is 660. The minimum atomic E-state index is -1.87. The first-order chi connectivity index (χ1) is 10.1. The zero-order valence-electron chi connectivity index (χ0n) is 14.7. The lowest BCUT2D eigenvalue weighted by molar-refractivity contribution is -0.126. The predicted octanol–water partition coefficient (Wildman–Crippen LogP) is 1.95. The van der Waals surface area contributed by atoms with Crippen molar-refractivity contribution in [2.75, 3.05) is 6.54 Å². The summed E-state index contributed by atoms with van der Waals surface area (Å²) >= 11 is 0. The van der Waals surface area contributed by atoms with Gasteiger partial charge in [-0.2, -0.15) is 0 Å². The second-order valence-corrected chi connectivity index (χ2v) is 10.2. The average molecular weight is 266 g/mol. The Hall–Kier alpha value is -1.49. The molecule has 0 radical (unpaired) electrons. The fraction of sp³-hybridized carbons (Fsp3) is 0.462. The lowest BCUT2D eigenvalue weighted by Crippen LogP contribution is -2.48. The van der Waals surface area contributed by atoms with Crippen molar-refractivity contribution in [3.05, 3.63) is 30.0 Å². The van der Waals surface area contributed by atoms with E-state index >= 15 is 0 Å². The molecule has 4 nitrogen and oxygen atoms in total. The van der Waals surface area contributed by atoms with Gasteiger partial charge in [-0.3, -0.25) is 14.6 Å². The van der Waals surface area contributed by atoms with Gasteiger partial charge in [0.1, 0.15) is 5.92 Å². The van der Waals surface area contributed by atoms with Crippen LogP contribution in [0.5, 0.6) is 0 Å². The molecule has 96 valence electrons. The minimum Gasteiger partial charge on any atom is -0.369 e. The summed E-state index contributed by atoms with van der Waals surface area (Å²) in [5, 5.41) is 0. The lowest BCUT2D eigenvalue weighted by atomic mass is 9.98. The Morgan fingerprint density at radius 2 is 2.28 bits per heavy atom. The van der Waals surface area contributed by atoms with Crippen LogP contribution < -0.4 is 0 Å². The van der Waals surface area contributed by atoms with Crippen molar-refractivity contribution in [1.29, 1.82) is 0 Å². The molecule has 5 heteroatoms. The Balaban J connectivity index is 2.39. The maximum Gasteiger partial charge on any atom is 0.225 e. The van der Waals surface area contributed by atoms with Gasteiger partial charge in [0.25, 0.3) is 0 Å². The second kappa shape index (κ2) is 4.64. The van der Waals surface area contributed by atoms with Crippen LogP contribution in [0.15, 0.2) is 24.4 Å². The smallest absolute Gasteiger partial charge is 0.225 e. The number of amides is 1. The fourth-order valence-corrected chi connectivity index (χ4v) is 3.73. The molecule has 1 amide bonds. The number of ketones is 1. The molecule has 1 aromatic heterocycles. The number of aromatic nitrogens is 1. The summed E-state index contributed by atoms with van der Waals surface area (Å²) in [5.74, 6) is -1.79. The molecule has 1 fully saturated rings. The standard InChI is InChI=1S/C13H18N2O2Si/c1-18(2,3)15-8-6-11(13(15)17)12(16)10-5-4-7-14-9-10/h4-5,7,9,11H,6,8H2,1-3H3/i4D,5D,7D,9D. The molecule has 18 heavy (non-hydrogen) atoms. The molecule has 1 aliphatic heterocycles. The zero-order chi connectivity index (χ0) is 16.8. The fourth-order valence-electron chi connectivity index (χ4n) is 2.11. The second-order valence-electron chi connectivity index (χ2n) is 5.33. The molecule has 0 aliphatic carbocycles. The van der Waals surface area contributed by atoms with Crippen molar-refractivity contribution < 1.29 is 15.1 Å². The van der Waals surface area contributed by atoms with E-state index in [2.05, 4.69) is 4.98 Å². The number of rotatable bonds is 3. The molecule has 2 rings (SSSR count). The van der Waals surface area contributed by atoms with E-state index in [1.54, 1.807) is 4.57 Å². The molecule has 0 saturated carbocycles. The summed E-state index contributed by atoms with van der Waals surface area (Å²) in [7, 11) is -1.87. The van der Waals surface area contributed by atoms with Gasteiger partial charge in [-0.15, -0.1) is 0 Å². The maximum atomic E-state index is 12.6. The van der Waals surface area contributed by atoms with E-state index in [1.165, 1.54) is 0 Å². The summed E-state index contributed by atoms with van der Waals surface area (Å²) in [6.07, 6.45) is -0.653. The SMILES string of the molecule is [2H]c1nc([2H])c(C(=O)C2CCN([Si](C)(C)C)C2=O)c([2H])c1[2H]. The Morgan fingerprint density at radius 1 is 1.56 bits per heavy atom. The van der Waals surface area contributed by atoms with Crippen LogP contribution in [0.2, 0.25) is 19.6 Å². The zero-order valence-corrected chi connectivity index (χ0v) is 11.7. The van der Waals surface area contributed by atoms with E-state index in [4.69, 9.17) is 5.48 Å². The molecule has 2 heterocycles. The number of carbonyl (C=O) groups is 2. The van der Waals surface area contributed by atoms with Gasteiger partial charge >= 0.3 is 0 Å². The third-order valence-corrected chi connectivity index (χ3v) is 5.11. The number of carbonyl (C=O) groups excluding carboxylic acids is 2. The van der Waals surface area contributed by atoms with Crippen LogP contribution in [0.4, 0.5) is 0 Å². The summed E-state index contributed by atoms with van der Waals surface area (Å²) in [4.78, 5) is 28.5. The van der Waals surface area contributed by atoms with Gasteiger partial charge in [-0.05, 0) is 18.5 Å². The molecule has 0 spiro atoms. The highest BCUT2D eigenvalue weighted by molar-refractivity contribution is 6.75. The number of hydrogen-bond acceptors (Lipinski definition) is 3. The van der Waals surface area contributed by atoms with E-state index in [1.807, 2.05) is 19.6 Å². The van der Waals surface area contributed by atoms with Crippen LogP contribution >= 0.6 is 0 Å². The first kappa shape index (κ1) is 8.58. The molecule has 1 saturated heterocycles. The van der Waals surface area contributed by atoms with Crippen molar-refractivity contribution in [3.63, 3.8) is 0 Å². The van der Waals surface area contributed by atoms with Crippen LogP contribution in [0.3, 0.4) is 0 Å². The van der Waals surface area contributed by atoms with E-state index in [-0.39, 0.29) is 11.5 Å².